The number of aromatic nitrogens is 4. The Morgan fingerprint density at radius 2 is 2.18 bits per heavy atom. The van der Waals surface area contributed by atoms with Crippen LogP contribution in [0.2, 0.25) is 0 Å². The van der Waals surface area contributed by atoms with E-state index in [9.17, 15) is 0 Å². The van der Waals surface area contributed by atoms with Gasteiger partial charge in [-0.2, -0.15) is 5.10 Å². The van der Waals surface area contributed by atoms with E-state index in [2.05, 4.69) is 28.9 Å². The van der Waals surface area contributed by atoms with Crippen molar-refractivity contribution < 1.29 is 0 Å². The summed E-state index contributed by atoms with van der Waals surface area (Å²) in [6.45, 7) is 8.97. The fourth-order valence-corrected chi connectivity index (χ4v) is 2.09. The van der Waals surface area contributed by atoms with Crippen molar-refractivity contribution >= 4 is 0 Å². The largest absolute Gasteiger partial charge is 0.341 e. The summed E-state index contributed by atoms with van der Waals surface area (Å²) >= 11 is 0. The summed E-state index contributed by atoms with van der Waals surface area (Å²) in [7, 11) is 0. The Labute approximate surface area is 101 Å². The Hall–Kier alpha value is -1.62. The van der Waals surface area contributed by atoms with Crippen molar-refractivity contribution in [3.63, 3.8) is 0 Å². The normalized spacial score (nSPS) is 13.0. The highest BCUT2D eigenvalue weighted by atomic mass is 15.3. The predicted molar refractivity (Wildman–Crippen MR) is 67.6 cm³/mol. The highest BCUT2D eigenvalue weighted by Gasteiger charge is 2.15. The first-order valence-corrected chi connectivity index (χ1v) is 5.89. The number of nitrogens with one attached hydrogen (secondary N) is 1. The number of H-pyrrole nitrogens is 1. The van der Waals surface area contributed by atoms with Crippen LogP contribution in [0.5, 0.6) is 0 Å². The van der Waals surface area contributed by atoms with E-state index in [1.165, 1.54) is 0 Å². The zero-order valence-corrected chi connectivity index (χ0v) is 10.8. The first-order chi connectivity index (χ1) is 8.04. The molecule has 1 atom stereocenters. The second-order valence-corrected chi connectivity index (χ2v) is 4.33. The Balaban J connectivity index is 2.48. The lowest BCUT2D eigenvalue weighted by Gasteiger charge is -2.01. The molecule has 92 valence electrons. The number of aryl methyl sites for hydroxylation is 2. The van der Waals surface area contributed by atoms with Crippen LogP contribution < -0.4 is 5.73 Å². The van der Waals surface area contributed by atoms with Gasteiger partial charge in [0.2, 0.25) is 0 Å². The molecule has 0 amide bonds. The molecule has 0 saturated heterocycles. The number of hydrogen-bond donors (Lipinski definition) is 2. The van der Waals surface area contributed by atoms with E-state index < -0.39 is 0 Å². The molecule has 0 saturated carbocycles. The van der Waals surface area contributed by atoms with Gasteiger partial charge in [-0.15, -0.1) is 0 Å². The highest BCUT2D eigenvalue weighted by molar-refractivity contribution is 5.64. The van der Waals surface area contributed by atoms with E-state index in [0.717, 1.165) is 35.0 Å². The molecule has 0 fully saturated rings. The van der Waals surface area contributed by atoms with Crippen LogP contribution in [0.15, 0.2) is 6.20 Å². The molecular formula is C12H19N5. The monoisotopic (exact) mass is 233 g/mol. The van der Waals surface area contributed by atoms with Crippen LogP contribution >= 0.6 is 0 Å². The zero-order chi connectivity index (χ0) is 12.6. The third-order valence-corrected chi connectivity index (χ3v) is 2.98. The van der Waals surface area contributed by atoms with Gasteiger partial charge in [-0.05, 0) is 27.7 Å². The van der Waals surface area contributed by atoms with Crippen molar-refractivity contribution in [2.45, 2.75) is 40.3 Å². The van der Waals surface area contributed by atoms with Crippen molar-refractivity contribution in [1.29, 1.82) is 0 Å². The molecule has 2 rings (SSSR count). The van der Waals surface area contributed by atoms with Crippen LogP contribution in [-0.4, -0.2) is 19.7 Å². The molecule has 0 aromatic carbocycles. The second-order valence-electron chi connectivity index (χ2n) is 4.33. The Morgan fingerprint density at radius 3 is 2.65 bits per heavy atom. The molecule has 3 N–H and O–H groups in total. The standard InChI is InChI=1S/C12H19N5/c1-5-17-9(4)11(8(3)16-17)10-6-14-12(15-10)7(2)13/h6-7H,5,13H2,1-4H3,(H,14,15). The maximum atomic E-state index is 5.80. The predicted octanol–water partition coefficient (Wildman–Crippen LogP) is 1.93. The van der Waals surface area contributed by atoms with Gasteiger partial charge in [0.05, 0.1) is 23.6 Å². The minimum absolute atomic E-state index is 0.0782. The zero-order valence-electron chi connectivity index (χ0n) is 10.8. The SMILES string of the molecule is CCn1nc(C)c(-c2cnc(C(C)N)[nH]2)c1C. The molecule has 2 aromatic rings. The number of hydrogen-bond acceptors (Lipinski definition) is 3. The first kappa shape index (κ1) is 11.9. The molecule has 0 bridgehead atoms. The van der Waals surface area contributed by atoms with Gasteiger partial charge >= 0.3 is 0 Å². The maximum absolute atomic E-state index is 5.80. The molecule has 0 spiro atoms. The molecule has 2 aromatic heterocycles. The molecular weight excluding hydrogens is 214 g/mol. The quantitative estimate of drug-likeness (QED) is 0.850. The minimum atomic E-state index is -0.0782. The van der Waals surface area contributed by atoms with Gasteiger partial charge in [0.15, 0.2) is 0 Å². The van der Waals surface area contributed by atoms with Crippen LogP contribution in [0.25, 0.3) is 11.3 Å². The van der Waals surface area contributed by atoms with Crippen LogP contribution in [0.1, 0.15) is 37.1 Å². The lowest BCUT2D eigenvalue weighted by Crippen LogP contribution is -2.06. The van der Waals surface area contributed by atoms with E-state index in [1.54, 1.807) is 0 Å². The summed E-state index contributed by atoms with van der Waals surface area (Å²) in [6.07, 6.45) is 1.83. The minimum Gasteiger partial charge on any atom is -0.341 e. The van der Waals surface area contributed by atoms with Gasteiger partial charge in [0.25, 0.3) is 0 Å². The number of rotatable bonds is 3. The molecule has 0 aliphatic heterocycles. The van der Waals surface area contributed by atoms with Gasteiger partial charge in [-0.25, -0.2) is 4.98 Å². The van der Waals surface area contributed by atoms with Gasteiger partial charge in [0, 0.05) is 17.8 Å². The first-order valence-electron chi connectivity index (χ1n) is 5.89. The fraction of sp³-hybridized carbons (Fsp3) is 0.500. The smallest absolute Gasteiger partial charge is 0.123 e. The number of imidazole rings is 1. The fourth-order valence-electron chi connectivity index (χ4n) is 2.09. The van der Waals surface area contributed by atoms with Gasteiger partial charge in [-0.1, -0.05) is 0 Å². The van der Waals surface area contributed by atoms with E-state index in [-0.39, 0.29) is 6.04 Å². The van der Waals surface area contributed by atoms with E-state index >= 15 is 0 Å². The van der Waals surface area contributed by atoms with Crippen molar-refractivity contribution in [1.82, 2.24) is 19.7 Å². The molecule has 1 unspecified atom stereocenters. The number of nitrogens with zero attached hydrogens (tertiary/aromatic N) is 3. The third-order valence-electron chi connectivity index (χ3n) is 2.98. The van der Waals surface area contributed by atoms with Crippen LogP contribution in [0.3, 0.4) is 0 Å². The van der Waals surface area contributed by atoms with E-state index in [4.69, 9.17) is 5.73 Å². The van der Waals surface area contributed by atoms with Gasteiger partial charge in [0.1, 0.15) is 5.82 Å². The van der Waals surface area contributed by atoms with E-state index in [0.29, 0.717) is 0 Å². The molecule has 17 heavy (non-hydrogen) atoms. The average molecular weight is 233 g/mol. The maximum Gasteiger partial charge on any atom is 0.123 e. The number of aromatic amines is 1. The lowest BCUT2D eigenvalue weighted by molar-refractivity contribution is 0.634. The molecule has 0 aliphatic carbocycles. The Bertz CT molecular complexity index is 521. The third kappa shape index (κ3) is 1.98. The van der Waals surface area contributed by atoms with Crippen molar-refractivity contribution in [3.8, 4) is 11.3 Å². The Morgan fingerprint density at radius 1 is 1.47 bits per heavy atom. The van der Waals surface area contributed by atoms with Crippen LogP contribution in [0.4, 0.5) is 0 Å². The van der Waals surface area contributed by atoms with Gasteiger partial charge < -0.3 is 10.7 Å². The Kier molecular flexibility index (Phi) is 3.02. The molecule has 0 radical (unpaired) electrons. The molecule has 5 heteroatoms. The summed E-state index contributed by atoms with van der Waals surface area (Å²) in [5, 5.41) is 4.50. The summed E-state index contributed by atoms with van der Waals surface area (Å²) in [5.41, 5.74) is 10.1. The van der Waals surface area contributed by atoms with Crippen LogP contribution in [0, 0.1) is 13.8 Å². The molecule has 0 aliphatic rings. The van der Waals surface area contributed by atoms with Gasteiger partial charge in [-0.3, -0.25) is 4.68 Å². The van der Waals surface area contributed by atoms with Crippen molar-refractivity contribution in [2.75, 3.05) is 0 Å². The van der Waals surface area contributed by atoms with Crippen LogP contribution in [-0.2, 0) is 6.54 Å². The van der Waals surface area contributed by atoms with Crippen molar-refractivity contribution in [2.24, 2.45) is 5.73 Å². The summed E-state index contributed by atoms with van der Waals surface area (Å²) < 4.78 is 2.00. The van der Waals surface area contributed by atoms with E-state index in [1.807, 2.05) is 24.7 Å². The summed E-state index contributed by atoms with van der Waals surface area (Å²) in [6, 6.07) is -0.0782. The molecule has 2 heterocycles. The average Bonchev–Trinajstić information content (AvgIpc) is 2.83. The summed E-state index contributed by atoms with van der Waals surface area (Å²) in [5.74, 6) is 0.808. The summed E-state index contributed by atoms with van der Waals surface area (Å²) in [4.78, 5) is 7.55. The highest BCUT2D eigenvalue weighted by Crippen LogP contribution is 2.25. The topological polar surface area (TPSA) is 72.5 Å². The second kappa shape index (κ2) is 4.33. The lowest BCUT2D eigenvalue weighted by atomic mass is 10.1. The number of nitrogens with two attached hydrogens (primary N) is 1. The molecule has 5 nitrogen and oxygen atoms in total. The van der Waals surface area contributed by atoms with Crippen molar-refractivity contribution in [3.05, 3.63) is 23.4 Å².